The highest BCUT2D eigenvalue weighted by atomic mass is 79.9. The number of sulfonamides is 1. The van der Waals surface area contributed by atoms with Crippen molar-refractivity contribution in [2.24, 2.45) is 0 Å². The average Bonchev–Trinajstić information content (AvgIpc) is 3.03. The highest BCUT2D eigenvalue weighted by molar-refractivity contribution is 9.10. The van der Waals surface area contributed by atoms with Crippen LogP contribution in [0.25, 0.3) is 0 Å². The first kappa shape index (κ1) is 22.8. The lowest BCUT2D eigenvalue weighted by Gasteiger charge is -2.20. The topological polar surface area (TPSA) is 75.7 Å². The molecule has 1 atom stereocenters. The molecule has 1 saturated heterocycles. The van der Waals surface area contributed by atoms with Gasteiger partial charge in [0, 0.05) is 17.6 Å². The SMILES string of the molecule is C[C@H](NC(=O)COc1ccc(S(=O)(=O)N2CCCCCC2)cc1)c1ccc(Br)cc1. The van der Waals surface area contributed by atoms with E-state index in [2.05, 4.69) is 21.2 Å². The van der Waals surface area contributed by atoms with Gasteiger partial charge in [0.25, 0.3) is 5.91 Å². The number of amides is 1. The van der Waals surface area contributed by atoms with Crippen molar-refractivity contribution in [1.29, 1.82) is 0 Å². The second kappa shape index (κ2) is 10.4. The van der Waals surface area contributed by atoms with Crippen molar-refractivity contribution in [3.8, 4) is 5.75 Å². The second-order valence-electron chi connectivity index (χ2n) is 7.42. The molecule has 0 unspecified atom stereocenters. The Kier molecular flexibility index (Phi) is 7.91. The first-order valence-electron chi connectivity index (χ1n) is 10.1. The lowest BCUT2D eigenvalue weighted by molar-refractivity contribution is -0.123. The molecule has 162 valence electrons. The van der Waals surface area contributed by atoms with E-state index in [1.807, 2.05) is 31.2 Å². The van der Waals surface area contributed by atoms with E-state index in [4.69, 9.17) is 4.74 Å². The van der Waals surface area contributed by atoms with Gasteiger partial charge in [0.05, 0.1) is 10.9 Å². The van der Waals surface area contributed by atoms with E-state index in [0.29, 0.717) is 18.8 Å². The maximum Gasteiger partial charge on any atom is 0.258 e. The van der Waals surface area contributed by atoms with Crippen LogP contribution in [0.4, 0.5) is 0 Å². The number of hydrogen-bond donors (Lipinski definition) is 1. The molecular weight excluding hydrogens is 468 g/mol. The van der Waals surface area contributed by atoms with Gasteiger partial charge in [0.2, 0.25) is 10.0 Å². The predicted molar refractivity (Wildman–Crippen MR) is 120 cm³/mol. The maximum atomic E-state index is 12.8. The third-order valence-corrected chi connectivity index (χ3v) is 7.59. The van der Waals surface area contributed by atoms with Gasteiger partial charge in [-0.2, -0.15) is 4.31 Å². The van der Waals surface area contributed by atoms with Gasteiger partial charge in [-0.05, 0) is 61.7 Å². The van der Waals surface area contributed by atoms with Crippen LogP contribution >= 0.6 is 15.9 Å². The van der Waals surface area contributed by atoms with Crippen LogP contribution in [0.3, 0.4) is 0 Å². The molecule has 6 nitrogen and oxygen atoms in total. The number of hydrogen-bond acceptors (Lipinski definition) is 4. The van der Waals surface area contributed by atoms with E-state index in [9.17, 15) is 13.2 Å². The van der Waals surface area contributed by atoms with Crippen LogP contribution in [-0.2, 0) is 14.8 Å². The normalized spacial score (nSPS) is 16.5. The van der Waals surface area contributed by atoms with E-state index < -0.39 is 10.0 Å². The number of halogens is 1. The van der Waals surface area contributed by atoms with E-state index in [-0.39, 0.29) is 23.5 Å². The summed E-state index contributed by atoms with van der Waals surface area (Å²) in [5, 5.41) is 2.89. The molecule has 1 fully saturated rings. The van der Waals surface area contributed by atoms with E-state index >= 15 is 0 Å². The van der Waals surface area contributed by atoms with Gasteiger partial charge in [0.15, 0.2) is 6.61 Å². The summed E-state index contributed by atoms with van der Waals surface area (Å²) in [5.74, 6) is 0.211. The fraction of sp³-hybridized carbons (Fsp3) is 0.409. The van der Waals surface area contributed by atoms with E-state index in [1.54, 1.807) is 16.4 Å². The highest BCUT2D eigenvalue weighted by Gasteiger charge is 2.25. The van der Waals surface area contributed by atoms with Crippen molar-refractivity contribution in [2.75, 3.05) is 19.7 Å². The lowest BCUT2D eigenvalue weighted by Crippen LogP contribution is -2.32. The fourth-order valence-electron chi connectivity index (χ4n) is 3.41. The molecule has 0 saturated carbocycles. The van der Waals surface area contributed by atoms with Crippen LogP contribution in [0.1, 0.15) is 44.2 Å². The summed E-state index contributed by atoms with van der Waals surface area (Å²) in [7, 11) is -3.49. The van der Waals surface area contributed by atoms with Crippen LogP contribution in [-0.4, -0.2) is 38.3 Å². The Bertz CT molecular complexity index is 938. The summed E-state index contributed by atoms with van der Waals surface area (Å²) in [6.07, 6.45) is 3.94. The number of benzene rings is 2. The molecule has 2 aromatic carbocycles. The highest BCUT2D eigenvalue weighted by Crippen LogP contribution is 2.22. The van der Waals surface area contributed by atoms with Crippen molar-refractivity contribution in [3.63, 3.8) is 0 Å². The summed E-state index contributed by atoms with van der Waals surface area (Å²) >= 11 is 3.39. The monoisotopic (exact) mass is 494 g/mol. The van der Waals surface area contributed by atoms with E-state index in [0.717, 1.165) is 35.7 Å². The first-order chi connectivity index (χ1) is 14.4. The molecule has 1 aliphatic heterocycles. The van der Waals surface area contributed by atoms with E-state index in [1.165, 1.54) is 12.1 Å². The molecule has 1 amide bonds. The van der Waals surface area contributed by atoms with Crippen molar-refractivity contribution in [1.82, 2.24) is 9.62 Å². The minimum atomic E-state index is -3.49. The van der Waals surface area contributed by atoms with Gasteiger partial charge in [-0.25, -0.2) is 8.42 Å². The van der Waals surface area contributed by atoms with Gasteiger partial charge >= 0.3 is 0 Å². The summed E-state index contributed by atoms with van der Waals surface area (Å²) in [6, 6.07) is 13.9. The molecule has 0 bridgehead atoms. The number of nitrogens with one attached hydrogen (secondary N) is 1. The summed E-state index contributed by atoms with van der Waals surface area (Å²) in [4.78, 5) is 12.4. The average molecular weight is 495 g/mol. The minimum absolute atomic E-state index is 0.140. The summed E-state index contributed by atoms with van der Waals surface area (Å²) in [6.45, 7) is 2.90. The summed E-state index contributed by atoms with van der Waals surface area (Å²) < 4.78 is 33.7. The van der Waals surface area contributed by atoms with Crippen LogP contribution < -0.4 is 10.1 Å². The molecule has 0 aromatic heterocycles. The molecule has 8 heteroatoms. The van der Waals surface area contributed by atoms with Gasteiger partial charge in [-0.1, -0.05) is 40.9 Å². The maximum absolute atomic E-state index is 12.8. The van der Waals surface area contributed by atoms with Gasteiger partial charge in [-0.15, -0.1) is 0 Å². The zero-order valence-corrected chi connectivity index (χ0v) is 19.4. The second-order valence-corrected chi connectivity index (χ2v) is 10.3. The Balaban J connectivity index is 1.53. The molecule has 0 radical (unpaired) electrons. The quantitative estimate of drug-likeness (QED) is 0.623. The van der Waals surface area contributed by atoms with Crippen molar-refractivity contribution < 1.29 is 17.9 Å². The Morgan fingerprint density at radius 1 is 1.03 bits per heavy atom. The third-order valence-electron chi connectivity index (χ3n) is 5.14. The minimum Gasteiger partial charge on any atom is -0.484 e. The van der Waals surface area contributed by atoms with Crippen LogP contribution in [0.15, 0.2) is 57.9 Å². The number of carbonyl (C=O) groups excluding carboxylic acids is 1. The Hall–Kier alpha value is -1.90. The van der Waals surface area contributed by atoms with Gasteiger partial charge in [-0.3, -0.25) is 4.79 Å². The zero-order chi connectivity index (χ0) is 21.6. The fourth-order valence-corrected chi connectivity index (χ4v) is 5.19. The summed E-state index contributed by atoms with van der Waals surface area (Å²) in [5.41, 5.74) is 0.995. The molecule has 1 N–H and O–H groups in total. The molecule has 0 spiro atoms. The number of nitrogens with zero attached hydrogens (tertiary/aromatic N) is 1. The number of ether oxygens (including phenoxy) is 1. The third kappa shape index (κ3) is 6.06. The largest absolute Gasteiger partial charge is 0.484 e. The molecule has 2 aromatic rings. The first-order valence-corrected chi connectivity index (χ1v) is 12.4. The van der Waals surface area contributed by atoms with Crippen molar-refractivity contribution >= 4 is 31.9 Å². The smallest absolute Gasteiger partial charge is 0.258 e. The van der Waals surface area contributed by atoms with Crippen LogP contribution in [0.5, 0.6) is 5.75 Å². The Morgan fingerprint density at radius 3 is 2.23 bits per heavy atom. The molecule has 30 heavy (non-hydrogen) atoms. The molecule has 3 rings (SSSR count). The zero-order valence-electron chi connectivity index (χ0n) is 17.0. The van der Waals surface area contributed by atoms with Crippen LogP contribution in [0, 0.1) is 0 Å². The predicted octanol–water partition coefficient (Wildman–Crippen LogP) is 4.27. The lowest BCUT2D eigenvalue weighted by atomic mass is 10.1. The standard InChI is InChI=1S/C22H27BrN2O4S/c1-17(18-6-8-19(23)9-7-18)24-22(26)16-29-20-10-12-21(13-11-20)30(27,28)25-14-4-2-3-5-15-25/h6-13,17H,2-5,14-16H2,1H3,(H,24,26)/t17-/m0/s1. The molecule has 0 aliphatic carbocycles. The molecule has 1 aliphatic rings. The van der Waals surface area contributed by atoms with Crippen molar-refractivity contribution in [3.05, 3.63) is 58.6 Å². The van der Waals surface area contributed by atoms with Gasteiger partial charge in [0.1, 0.15) is 5.75 Å². The number of rotatable bonds is 7. The van der Waals surface area contributed by atoms with Gasteiger partial charge < -0.3 is 10.1 Å². The molecule has 1 heterocycles. The van der Waals surface area contributed by atoms with Crippen LogP contribution in [0.2, 0.25) is 0 Å². The number of carbonyl (C=O) groups is 1. The molecular formula is C22H27BrN2O4S. The van der Waals surface area contributed by atoms with Crippen molar-refractivity contribution in [2.45, 2.75) is 43.5 Å². The Morgan fingerprint density at radius 2 is 1.63 bits per heavy atom. The Labute approximate surface area is 186 Å².